The molecule has 1 amide bonds. The lowest BCUT2D eigenvalue weighted by Crippen LogP contribution is -2.30. The molecule has 4 nitrogen and oxygen atoms in total. The van der Waals surface area contributed by atoms with E-state index in [-0.39, 0.29) is 11.9 Å². The minimum absolute atomic E-state index is 0.0513. The Hall–Kier alpha value is -2.10. The summed E-state index contributed by atoms with van der Waals surface area (Å²) in [4.78, 5) is 14.6. The van der Waals surface area contributed by atoms with Gasteiger partial charge in [-0.05, 0) is 37.8 Å². The normalized spacial score (nSPS) is 17.1. The molecule has 1 aromatic carbocycles. The summed E-state index contributed by atoms with van der Waals surface area (Å²) in [5.74, 6) is 0.0513. The standard InChI is InChI=1S/C16H19N3O/c1-10-15(11(2)18-17-10)16(20)19(3)14-9-8-12-6-4-5-7-13(12)14/h4-7,14H,8-9H2,1-3H3,(H,17,18). The van der Waals surface area contributed by atoms with Crippen LogP contribution in [0.15, 0.2) is 24.3 Å². The van der Waals surface area contributed by atoms with Crippen LogP contribution in [0.3, 0.4) is 0 Å². The zero-order valence-electron chi connectivity index (χ0n) is 12.1. The van der Waals surface area contributed by atoms with Crippen molar-refractivity contribution in [3.05, 3.63) is 52.3 Å². The van der Waals surface area contributed by atoms with Gasteiger partial charge in [-0.3, -0.25) is 9.89 Å². The molecule has 0 fully saturated rings. The number of aromatic nitrogens is 2. The van der Waals surface area contributed by atoms with Gasteiger partial charge in [-0.15, -0.1) is 0 Å². The average Bonchev–Trinajstić information content (AvgIpc) is 3.01. The molecule has 3 rings (SSSR count). The third kappa shape index (κ3) is 1.92. The Bertz CT molecular complexity index is 640. The van der Waals surface area contributed by atoms with Crippen molar-refractivity contribution in [3.63, 3.8) is 0 Å². The van der Waals surface area contributed by atoms with Crippen molar-refractivity contribution in [1.82, 2.24) is 15.1 Å². The van der Waals surface area contributed by atoms with Crippen molar-refractivity contribution in [2.45, 2.75) is 32.7 Å². The lowest BCUT2D eigenvalue weighted by molar-refractivity contribution is 0.0729. The molecule has 104 valence electrons. The zero-order chi connectivity index (χ0) is 14.3. The minimum atomic E-state index is 0.0513. The molecule has 2 aromatic rings. The van der Waals surface area contributed by atoms with E-state index in [2.05, 4.69) is 28.4 Å². The Morgan fingerprint density at radius 1 is 1.35 bits per heavy atom. The van der Waals surface area contributed by atoms with Gasteiger partial charge in [-0.2, -0.15) is 5.10 Å². The molecule has 0 spiro atoms. The van der Waals surface area contributed by atoms with Crippen LogP contribution in [-0.4, -0.2) is 28.1 Å². The molecular weight excluding hydrogens is 250 g/mol. The third-order valence-corrected chi connectivity index (χ3v) is 4.23. The number of hydrogen-bond donors (Lipinski definition) is 1. The lowest BCUT2D eigenvalue weighted by Gasteiger charge is -2.25. The van der Waals surface area contributed by atoms with Crippen molar-refractivity contribution < 1.29 is 4.79 Å². The van der Waals surface area contributed by atoms with E-state index in [0.29, 0.717) is 5.56 Å². The maximum Gasteiger partial charge on any atom is 0.257 e. The number of benzene rings is 1. The number of fused-ring (bicyclic) bond motifs is 1. The fraction of sp³-hybridized carbons (Fsp3) is 0.375. The number of H-pyrrole nitrogens is 1. The second-order valence-electron chi connectivity index (χ2n) is 5.48. The number of nitrogens with zero attached hydrogens (tertiary/aromatic N) is 2. The van der Waals surface area contributed by atoms with E-state index in [1.165, 1.54) is 11.1 Å². The van der Waals surface area contributed by atoms with E-state index in [0.717, 1.165) is 24.2 Å². The third-order valence-electron chi connectivity index (χ3n) is 4.23. The molecule has 1 N–H and O–H groups in total. The van der Waals surface area contributed by atoms with E-state index in [9.17, 15) is 4.79 Å². The molecule has 4 heteroatoms. The summed E-state index contributed by atoms with van der Waals surface area (Å²) in [5.41, 5.74) is 4.95. The van der Waals surface area contributed by atoms with Crippen LogP contribution in [0.1, 0.15) is 45.3 Å². The number of rotatable bonds is 2. The number of amides is 1. The summed E-state index contributed by atoms with van der Waals surface area (Å²) >= 11 is 0. The average molecular weight is 269 g/mol. The minimum Gasteiger partial charge on any atom is -0.335 e. The maximum absolute atomic E-state index is 12.7. The second kappa shape index (κ2) is 4.78. The fourth-order valence-electron chi connectivity index (χ4n) is 3.12. The monoisotopic (exact) mass is 269 g/mol. The van der Waals surface area contributed by atoms with Gasteiger partial charge >= 0.3 is 0 Å². The van der Waals surface area contributed by atoms with E-state index in [1.54, 1.807) is 0 Å². The SMILES string of the molecule is Cc1n[nH]c(C)c1C(=O)N(C)C1CCc2ccccc21. The van der Waals surface area contributed by atoms with E-state index < -0.39 is 0 Å². The molecule has 1 atom stereocenters. The van der Waals surface area contributed by atoms with Gasteiger partial charge in [-0.25, -0.2) is 0 Å². The van der Waals surface area contributed by atoms with Crippen molar-refractivity contribution in [2.75, 3.05) is 7.05 Å². The molecule has 1 aliphatic carbocycles. The second-order valence-corrected chi connectivity index (χ2v) is 5.48. The number of nitrogens with one attached hydrogen (secondary N) is 1. The van der Waals surface area contributed by atoms with Crippen LogP contribution in [0.4, 0.5) is 0 Å². The summed E-state index contributed by atoms with van der Waals surface area (Å²) in [6.45, 7) is 3.76. The summed E-state index contributed by atoms with van der Waals surface area (Å²) in [6, 6.07) is 8.57. The number of hydrogen-bond acceptors (Lipinski definition) is 2. The quantitative estimate of drug-likeness (QED) is 0.911. The summed E-state index contributed by atoms with van der Waals surface area (Å²) in [6.07, 6.45) is 2.04. The Morgan fingerprint density at radius 3 is 2.80 bits per heavy atom. The van der Waals surface area contributed by atoms with Gasteiger partial charge in [0.2, 0.25) is 0 Å². The van der Waals surface area contributed by atoms with Crippen LogP contribution in [0.25, 0.3) is 0 Å². The fourth-order valence-corrected chi connectivity index (χ4v) is 3.12. The molecule has 20 heavy (non-hydrogen) atoms. The summed E-state index contributed by atoms with van der Waals surface area (Å²) in [7, 11) is 1.89. The van der Waals surface area contributed by atoms with E-state index in [1.807, 2.05) is 31.9 Å². The van der Waals surface area contributed by atoms with Gasteiger partial charge in [0.25, 0.3) is 5.91 Å². The highest BCUT2D eigenvalue weighted by atomic mass is 16.2. The molecule has 0 saturated heterocycles. The van der Waals surface area contributed by atoms with Crippen molar-refractivity contribution in [1.29, 1.82) is 0 Å². The highest BCUT2D eigenvalue weighted by Crippen LogP contribution is 2.35. The summed E-state index contributed by atoms with van der Waals surface area (Å²) < 4.78 is 0. The van der Waals surface area contributed by atoms with Crippen LogP contribution in [0.5, 0.6) is 0 Å². The van der Waals surface area contributed by atoms with Crippen LogP contribution in [0, 0.1) is 13.8 Å². The molecule has 1 heterocycles. The highest BCUT2D eigenvalue weighted by Gasteiger charge is 2.30. The first-order valence-corrected chi connectivity index (χ1v) is 6.96. The van der Waals surface area contributed by atoms with Gasteiger partial charge in [0, 0.05) is 12.7 Å². The van der Waals surface area contributed by atoms with E-state index >= 15 is 0 Å². The lowest BCUT2D eigenvalue weighted by atomic mass is 10.1. The molecule has 0 saturated carbocycles. The Kier molecular flexibility index (Phi) is 3.08. The van der Waals surface area contributed by atoms with Crippen molar-refractivity contribution in [3.8, 4) is 0 Å². The predicted molar refractivity (Wildman–Crippen MR) is 77.7 cm³/mol. The van der Waals surface area contributed by atoms with Gasteiger partial charge in [0.1, 0.15) is 0 Å². The van der Waals surface area contributed by atoms with Crippen molar-refractivity contribution in [2.24, 2.45) is 0 Å². The molecule has 1 aliphatic rings. The van der Waals surface area contributed by atoms with Gasteiger partial charge in [0.05, 0.1) is 17.3 Å². The molecule has 0 aliphatic heterocycles. The first kappa shape index (κ1) is 12.9. The van der Waals surface area contributed by atoms with Gasteiger partial charge in [0.15, 0.2) is 0 Å². The molecule has 0 radical (unpaired) electrons. The predicted octanol–water partition coefficient (Wildman–Crippen LogP) is 2.79. The van der Waals surface area contributed by atoms with Crippen LogP contribution in [-0.2, 0) is 6.42 Å². The topological polar surface area (TPSA) is 49.0 Å². The maximum atomic E-state index is 12.7. The first-order chi connectivity index (χ1) is 9.59. The Balaban J connectivity index is 1.91. The largest absolute Gasteiger partial charge is 0.335 e. The van der Waals surface area contributed by atoms with E-state index in [4.69, 9.17) is 0 Å². The van der Waals surface area contributed by atoms with Crippen LogP contribution < -0.4 is 0 Å². The highest BCUT2D eigenvalue weighted by molar-refractivity contribution is 5.96. The smallest absolute Gasteiger partial charge is 0.257 e. The molecule has 1 unspecified atom stereocenters. The number of aromatic amines is 1. The Labute approximate surface area is 118 Å². The zero-order valence-corrected chi connectivity index (χ0v) is 12.1. The number of carbonyl (C=O) groups is 1. The summed E-state index contributed by atoms with van der Waals surface area (Å²) in [5, 5.41) is 7.00. The van der Waals surface area contributed by atoms with Gasteiger partial charge in [-0.1, -0.05) is 24.3 Å². The molecule has 0 bridgehead atoms. The number of aryl methyl sites for hydroxylation is 3. The molecular formula is C16H19N3O. The van der Waals surface area contributed by atoms with Crippen LogP contribution >= 0.6 is 0 Å². The number of carbonyl (C=O) groups excluding carboxylic acids is 1. The Morgan fingerprint density at radius 2 is 2.10 bits per heavy atom. The first-order valence-electron chi connectivity index (χ1n) is 6.96. The van der Waals surface area contributed by atoms with Gasteiger partial charge < -0.3 is 4.90 Å². The van der Waals surface area contributed by atoms with Crippen molar-refractivity contribution >= 4 is 5.91 Å². The van der Waals surface area contributed by atoms with Crippen LogP contribution in [0.2, 0.25) is 0 Å². The molecule has 1 aromatic heterocycles.